The molecule has 9 heterocycles. The third-order valence-corrected chi connectivity index (χ3v) is 27.9. The molecule has 39 nitrogen and oxygen atoms in total. The molecule has 6 aromatic carbocycles. The van der Waals surface area contributed by atoms with Gasteiger partial charge in [-0.15, -0.1) is 0 Å². The molecular formula is C96H123F6N18O21P3. The number of nitrogens with one attached hydrogen (secondary N) is 3. The van der Waals surface area contributed by atoms with Crippen molar-refractivity contribution in [1.82, 2.24) is 73.8 Å². The SMILES string of the molecule is Cc1nc(N(C)C)c2ncn([C@@H]3O[C@](F)(CO[P@@](=O)(N[C@@H](C)C(=O)OCC(C)(C)C)Oc4cccc5ccccc45)[C@@H](O)[C@@]3(C)F)c2n1.Cc1nc(N(C)C)c2ncn([C@@H]3O[C@](F)(CO[P@@](=O)(N[C@H](C)C(=O)OCC(C)(C)C)Oc4cccc5ccccc45)[C@@H](O)[C@@]3(C)F)c2n1.Cc1nc(N(C)C)c2ncn([C@@H]3O[C@](F)(CO[P@](=O)(N[C@H](C)C(=O)OCC(C)(C)C)Oc4cccc5ccccc45)[C@@H](O)[C@@]3(C)F)c2n1. The maximum absolute atomic E-state index is 16.6. The highest BCUT2D eigenvalue weighted by Crippen LogP contribution is 2.58. The molecule has 144 heavy (non-hydrogen) atoms. The van der Waals surface area contributed by atoms with Gasteiger partial charge in [0.1, 0.15) is 72.7 Å². The Morgan fingerprint density at radius 2 is 0.625 bits per heavy atom. The minimum atomic E-state index is -4.68. The van der Waals surface area contributed by atoms with Crippen LogP contribution in [0.2, 0.25) is 0 Å². The first-order chi connectivity index (χ1) is 67.0. The summed E-state index contributed by atoms with van der Waals surface area (Å²) in [7, 11) is -3.55. The summed E-state index contributed by atoms with van der Waals surface area (Å²) in [6.07, 6.45) is -8.94. The van der Waals surface area contributed by atoms with Crippen LogP contribution in [-0.2, 0) is 70.1 Å². The van der Waals surface area contributed by atoms with Crippen LogP contribution in [0.5, 0.6) is 17.2 Å². The summed E-state index contributed by atoms with van der Waals surface area (Å²) in [5.41, 5.74) is -7.95. The number of anilines is 3. The minimum Gasteiger partial charge on any atom is -0.464 e. The summed E-state index contributed by atoms with van der Waals surface area (Å²) in [6.45, 7) is 25.2. The van der Waals surface area contributed by atoms with E-state index in [1.165, 1.54) is 71.7 Å². The summed E-state index contributed by atoms with van der Waals surface area (Å²) in [5.74, 6) is -9.36. The molecule has 0 radical (unpaired) electrons. The second-order valence-electron chi connectivity index (χ2n) is 40.4. The average molecular weight is 2070 g/mol. The van der Waals surface area contributed by atoms with Crippen molar-refractivity contribution in [2.24, 2.45) is 16.2 Å². The molecule has 0 saturated carbocycles. The maximum Gasteiger partial charge on any atom is 0.459 e. The molecule has 0 spiro atoms. The first kappa shape index (κ1) is 110. The van der Waals surface area contributed by atoms with E-state index in [4.69, 9.17) is 55.6 Å². The van der Waals surface area contributed by atoms with E-state index < -0.39 is 151 Å². The van der Waals surface area contributed by atoms with Crippen LogP contribution in [0, 0.1) is 37.0 Å². The minimum absolute atomic E-state index is 0.0701. The van der Waals surface area contributed by atoms with E-state index >= 15 is 26.3 Å². The molecular weight excluding hydrogens is 1950 g/mol. The number of aryl methyl sites for hydroxylation is 3. The fourth-order valence-corrected chi connectivity index (χ4v) is 20.2. The number of hydrogen-bond donors (Lipinski definition) is 6. The molecule has 18 atom stereocenters. The van der Waals surface area contributed by atoms with Crippen molar-refractivity contribution >= 4 is 124 Å². The molecule has 0 amide bonds. The van der Waals surface area contributed by atoms with Crippen LogP contribution in [-0.4, -0.2) is 245 Å². The number of aliphatic hydroxyl groups excluding tert-OH is 3. The number of carbonyl (C=O) groups excluding carboxylic acids is 3. The van der Waals surface area contributed by atoms with Crippen molar-refractivity contribution < 1.29 is 125 Å². The molecule has 3 aliphatic heterocycles. The molecule has 3 aliphatic rings. The summed E-state index contributed by atoms with van der Waals surface area (Å²) < 4.78 is 212. The normalized spacial score (nSPS) is 24.8. The van der Waals surface area contributed by atoms with Gasteiger partial charge in [0.05, 0.1) is 38.8 Å². The lowest BCUT2D eigenvalue weighted by Crippen LogP contribution is -2.47. The summed E-state index contributed by atoms with van der Waals surface area (Å²) >= 11 is 0. The zero-order chi connectivity index (χ0) is 106. The molecule has 6 aromatic heterocycles. The molecule has 0 aliphatic carbocycles. The van der Waals surface area contributed by atoms with E-state index in [9.17, 15) is 43.4 Å². The first-order valence-corrected chi connectivity index (χ1v) is 50.6. The molecule has 780 valence electrons. The Labute approximate surface area is 827 Å². The van der Waals surface area contributed by atoms with Crippen molar-refractivity contribution in [3.8, 4) is 17.2 Å². The Morgan fingerprint density at radius 3 is 0.854 bits per heavy atom. The van der Waals surface area contributed by atoms with Crippen molar-refractivity contribution in [3.05, 3.63) is 164 Å². The Balaban J connectivity index is 0.000000181. The number of benzene rings is 6. The molecule has 0 bridgehead atoms. The topological polar surface area (TPSA) is 450 Å². The molecule has 12 aromatic rings. The predicted molar refractivity (Wildman–Crippen MR) is 525 cm³/mol. The predicted octanol–water partition coefficient (Wildman–Crippen LogP) is 16.2. The zero-order valence-electron chi connectivity index (χ0n) is 84.3. The number of fused-ring (bicyclic) bond motifs is 6. The van der Waals surface area contributed by atoms with Gasteiger partial charge in [0.2, 0.25) is 0 Å². The molecule has 3 saturated heterocycles. The Bertz CT molecular complexity index is 6220. The number of ether oxygens (including phenoxy) is 6. The highest BCUT2D eigenvalue weighted by molar-refractivity contribution is 7.52. The van der Waals surface area contributed by atoms with Crippen LogP contribution < -0.4 is 43.5 Å². The largest absolute Gasteiger partial charge is 0.464 e. The number of nitrogens with zero attached hydrogens (tertiary/aromatic N) is 15. The zero-order valence-corrected chi connectivity index (χ0v) is 87.0. The average Bonchev–Trinajstić information content (AvgIpc) is 1.58. The van der Waals surface area contributed by atoms with Crippen LogP contribution in [0.4, 0.5) is 43.8 Å². The second-order valence-corrected chi connectivity index (χ2v) is 45.5. The number of aliphatic hydroxyl groups is 3. The Hall–Kier alpha value is -11.3. The van der Waals surface area contributed by atoms with E-state index in [-0.39, 0.29) is 70.3 Å². The van der Waals surface area contributed by atoms with Crippen molar-refractivity contribution in [1.29, 1.82) is 0 Å². The van der Waals surface area contributed by atoms with E-state index in [1.807, 2.05) is 117 Å². The number of hydrogen-bond acceptors (Lipinski definition) is 33. The standard InChI is InChI=1S/3C32H41F2N6O7P/c3*1-19(27(41)44-16-30(3,4)5)38-48(43,47-23-15-11-13-21-12-9-10-14-22(21)23)45-17-32(34)28(42)31(6,33)29(46-32)40-18-35-24-25(39(7)8)36-20(2)37-26(24)40/h3*9-15,18-19,28-29,42H,16-17H2,1-8H3,(H,38,43)/t19-,28+,29-,31-,32-,48+;19-,28+,29-,31-,32-,48-;19-,28-,29+,31+,32+,48-/m110/s1. The van der Waals surface area contributed by atoms with Gasteiger partial charge in [-0.1, -0.05) is 172 Å². The molecule has 48 heteroatoms. The van der Waals surface area contributed by atoms with Gasteiger partial charge in [-0.25, -0.2) is 84.9 Å². The van der Waals surface area contributed by atoms with E-state index in [0.717, 1.165) is 36.9 Å². The van der Waals surface area contributed by atoms with E-state index in [1.54, 1.807) is 132 Å². The molecule has 3 fully saturated rings. The van der Waals surface area contributed by atoms with E-state index in [0.29, 0.717) is 67.6 Å². The molecule has 0 unspecified atom stereocenters. The van der Waals surface area contributed by atoms with Crippen molar-refractivity contribution in [3.63, 3.8) is 0 Å². The number of halogens is 6. The number of alkyl halides is 6. The monoisotopic (exact) mass is 2070 g/mol. The Kier molecular flexibility index (Phi) is 32.0. The summed E-state index contributed by atoms with van der Waals surface area (Å²) in [4.78, 5) is 82.7. The molecule has 15 rings (SSSR count). The van der Waals surface area contributed by atoms with Crippen LogP contribution in [0.25, 0.3) is 65.8 Å². The van der Waals surface area contributed by atoms with Gasteiger partial charge in [0.25, 0.3) is 17.6 Å². The van der Waals surface area contributed by atoms with Gasteiger partial charge in [0.15, 0.2) is 105 Å². The van der Waals surface area contributed by atoms with Crippen molar-refractivity contribution in [2.45, 2.75) is 214 Å². The van der Waals surface area contributed by atoms with Gasteiger partial charge in [-0.05, 0) is 113 Å². The van der Waals surface area contributed by atoms with Gasteiger partial charge >= 0.3 is 41.1 Å². The fourth-order valence-electron chi connectivity index (χ4n) is 15.7. The summed E-state index contributed by atoms with van der Waals surface area (Å²) in [5, 5.41) is 44.4. The number of imidazole rings is 3. The van der Waals surface area contributed by atoms with E-state index in [2.05, 4.69) is 60.1 Å². The fraction of sp³-hybridized carbons (Fsp3) is 0.500. The lowest BCUT2D eigenvalue weighted by atomic mass is 9.97. The third kappa shape index (κ3) is 24.3. The summed E-state index contributed by atoms with van der Waals surface area (Å²) in [6, 6.07) is 32.5. The van der Waals surface area contributed by atoms with Crippen LogP contribution in [0.1, 0.15) is 140 Å². The molecule has 6 N–H and O–H groups in total. The highest BCUT2D eigenvalue weighted by atomic mass is 31.2. The lowest BCUT2D eigenvalue weighted by Gasteiger charge is -2.28. The maximum atomic E-state index is 16.6. The second kappa shape index (κ2) is 41.9. The van der Waals surface area contributed by atoms with Gasteiger partial charge in [-0.2, -0.15) is 15.3 Å². The van der Waals surface area contributed by atoms with Gasteiger partial charge in [-0.3, -0.25) is 41.7 Å². The quantitative estimate of drug-likeness (QED) is 0.00963. The Morgan fingerprint density at radius 1 is 0.396 bits per heavy atom. The number of carbonyl (C=O) groups is 3. The number of aromatic nitrogens is 12. The van der Waals surface area contributed by atoms with Gasteiger partial charge in [0, 0.05) is 58.4 Å². The van der Waals surface area contributed by atoms with Crippen LogP contribution in [0.3, 0.4) is 0 Å². The van der Waals surface area contributed by atoms with Gasteiger partial charge < -0.3 is 72.0 Å². The number of rotatable bonds is 33. The first-order valence-electron chi connectivity index (χ1n) is 46.0. The lowest BCUT2D eigenvalue weighted by molar-refractivity contribution is -0.203. The van der Waals surface area contributed by atoms with Crippen LogP contribution in [0.15, 0.2) is 146 Å². The smallest absolute Gasteiger partial charge is 0.459 e. The highest BCUT2D eigenvalue weighted by Gasteiger charge is 2.68. The van der Waals surface area contributed by atoms with Crippen molar-refractivity contribution in [2.75, 3.05) is 96.6 Å². The third-order valence-electron chi connectivity index (χ3n) is 23.0. The number of esters is 3. The van der Waals surface area contributed by atoms with Crippen LogP contribution >= 0.6 is 23.2 Å².